The quantitative estimate of drug-likeness (QED) is 0.579. The van der Waals surface area contributed by atoms with Gasteiger partial charge in [-0.15, -0.1) is 0 Å². The third-order valence-electron chi connectivity index (χ3n) is 2.17. The molecule has 15 heavy (non-hydrogen) atoms. The number of carbonyl (C=O) groups is 1. The van der Waals surface area contributed by atoms with Gasteiger partial charge in [-0.05, 0) is 24.6 Å². The third-order valence-corrected chi connectivity index (χ3v) is 2.17. The van der Waals surface area contributed by atoms with Gasteiger partial charge < -0.3 is 21.1 Å². The molecular weight excluding hydrogens is 198 g/mol. The number of benzene rings is 1. The van der Waals surface area contributed by atoms with Gasteiger partial charge in [-0.25, -0.2) is 4.79 Å². The maximum absolute atomic E-state index is 10.7. The van der Waals surface area contributed by atoms with E-state index >= 15 is 0 Å². The highest BCUT2D eigenvalue weighted by atomic mass is 16.4. The van der Waals surface area contributed by atoms with Gasteiger partial charge in [0.1, 0.15) is 5.75 Å². The highest BCUT2D eigenvalue weighted by Gasteiger charge is 2.15. The number of aryl methyl sites for hydroxylation is 1. The highest BCUT2D eigenvalue weighted by molar-refractivity contribution is 5.88. The molecule has 0 fully saturated rings. The standard InChI is InChI=1S/C10H13NO4/c1-5-2-6(10(14)15)3-7(9(5)13)8(11)4-12/h2-3,8,12-13H,4,11H2,1H3,(H,14,15)/t8-/m0/s1. The molecule has 0 aromatic heterocycles. The van der Waals surface area contributed by atoms with E-state index in [-0.39, 0.29) is 23.5 Å². The van der Waals surface area contributed by atoms with Crippen LogP contribution < -0.4 is 5.73 Å². The average Bonchev–Trinajstić information content (AvgIpc) is 2.20. The van der Waals surface area contributed by atoms with E-state index in [2.05, 4.69) is 0 Å². The molecule has 0 bridgehead atoms. The fourth-order valence-electron chi connectivity index (χ4n) is 1.31. The second kappa shape index (κ2) is 4.29. The second-order valence-corrected chi connectivity index (χ2v) is 3.33. The molecule has 0 aliphatic rings. The van der Waals surface area contributed by atoms with Crippen LogP contribution in [0, 0.1) is 6.92 Å². The van der Waals surface area contributed by atoms with Crippen molar-refractivity contribution in [1.82, 2.24) is 0 Å². The Hall–Kier alpha value is -1.59. The normalized spacial score (nSPS) is 12.5. The summed E-state index contributed by atoms with van der Waals surface area (Å²) in [6.45, 7) is 1.23. The van der Waals surface area contributed by atoms with Crippen LogP contribution in [0.4, 0.5) is 0 Å². The van der Waals surface area contributed by atoms with Crippen LogP contribution in [-0.4, -0.2) is 27.9 Å². The summed E-state index contributed by atoms with van der Waals surface area (Å²) in [6.07, 6.45) is 0. The molecule has 5 nitrogen and oxygen atoms in total. The van der Waals surface area contributed by atoms with E-state index in [4.69, 9.17) is 15.9 Å². The average molecular weight is 211 g/mol. The fraction of sp³-hybridized carbons (Fsp3) is 0.300. The Balaban J connectivity index is 3.31. The van der Waals surface area contributed by atoms with Gasteiger partial charge in [0.05, 0.1) is 18.2 Å². The van der Waals surface area contributed by atoms with Crippen LogP contribution in [0.2, 0.25) is 0 Å². The van der Waals surface area contributed by atoms with Gasteiger partial charge in [-0.2, -0.15) is 0 Å². The minimum atomic E-state index is -1.09. The van der Waals surface area contributed by atoms with Crippen molar-refractivity contribution in [3.63, 3.8) is 0 Å². The number of carboxylic acid groups (broad SMARTS) is 1. The van der Waals surface area contributed by atoms with E-state index in [1.807, 2.05) is 0 Å². The topological polar surface area (TPSA) is 104 Å². The molecule has 0 radical (unpaired) electrons. The molecule has 1 aromatic carbocycles. The predicted molar refractivity (Wildman–Crippen MR) is 53.8 cm³/mol. The van der Waals surface area contributed by atoms with Gasteiger partial charge in [0.15, 0.2) is 0 Å². The number of phenolic OH excluding ortho intramolecular Hbond substituents is 1. The van der Waals surface area contributed by atoms with Gasteiger partial charge in [0.2, 0.25) is 0 Å². The summed E-state index contributed by atoms with van der Waals surface area (Å²) in [5.41, 5.74) is 6.25. The summed E-state index contributed by atoms with van der Waals surface area (Å²) in [6, 6.07) is 1.85. The summed E-state index contributed by atoms with van der Waals surface area (Å²) in [5, 5.41) is 27.3. The van der Waals surface area contributed by atoms with Crippen molar-refractivity contribution < 1.29 is 20.1 Å². The van der Waals surface area contributed by atoms with E-state index in [0.29, 0.717) is 5.56 Å². The van der Waals surface area contributed by atoms with Gasteiger partial charge >= 0.3 is 5.97 Å². The first-order chi connectivity index (χ1) is 6.97. The number of aromatic carboxylic acids is 1. The molecule has 0 amide bonds. The van der Waals surface area contributed by atoms with E-state index in [9.17, 15) is 9.90 Å². The van der Waals surface area contributed by atoms with Crippen molar-refractivity contribution in [3.05, 3.63) is 28.8 Å². The molecule has 0 heterocycles. The first-order valence-corrected chi connectivity index (χ1v) is 4.40. The lowest BCUT2D eigenvalue weighted by Crippen LogP contribution is -2.15. The van der Waals surface area contributed by atoms with Crippen LogP contribution in [0.5, 0.6) is 5.75 Å². The number of phenols is 1. The maximum atomic E-state index is 10.7. The van der Waals surface area contributed by atoms with E-state index in [1.54, 1.807) is 6.92 Å². The summed E-state index contributed by atoms with van der Waals surface area (Å²) < 4.78 is 0. The lowest BCUT2D eigenvalue weighted by Gasteiger charge is -2.13. The number of aromatic hydroxyl groups is 1. The van der Waals surface area contributed by atoms with Gasteiger partial charge in [0.25, 0.3) is 0 Å². The van der Waals surface area contributed by atoms with Crippen LogP contribution in [0.1, 0.15) is 27.5 Å². The van der Waals surface area contributed by atoms with Gasteiger partial charge in [-0.1, -0.05) is 0 Å². The number of hydrogen-bond donors (Lipinski definition) is 4. The van der Waals surface area contributed by atoms with Gasteiger partial charge in [0, 0.05) is 5.56 Å². The zero-order chi connectivity index (χ0) is 11.6. The Kier molecular flexibility index (Phi) is 3.28. The van der Waals surface area contributed by atoms with E-state index in [1.165, 1.54) is 12.1 Å². The third kappa shape index (κ3) is 2.26. The monoisotopic (exact) mass is 211 g/mol. The van der Waals surface area contributed by atoms with Crippen molar-refractivity contribution in [2.24, 2.45) is 5.73 Å². The molecule has 0 saturated heterocycles. The van der Waals surface area contributed by atoms with Crippen LogP contribution in [0.15, 0.2) is 12.1 Å². The molecule has 0 aliphatic heterocycles. The Labute approximate surface area is 86.8 Å². The molecule has 0 unspecified atom stereocenters. The lowest BCUT2D eigenvalue weighted by molar-refractivity contribution is 0.0696. The number of aliphatic hydroxyl groups excluding tert-OH is 1. The zero-order valence-electron chi connectivity index (χ0n) is 8.27. The Bertz CT molecular complexity index is 389. The fourth-order valence-corrected chi connectivity index (χ4v) is 1.31. The minimum absolute atomic E-state index is 0.0456. The molecule has 1 atom stereocenters. The molecule has 1 rings (SSSR count). The zero-order valence-corrected chi connectivity index (χ0v) is 8.27. The molecule has 5 N–H and O–H groups in total. The summed E-state index contributed by atoms with van der Waals surface area (Å²) >= 11 is 0. The van der Waals surface area contributed by atoms with Crippen LogP contribution in [-0.2, 0) is 0 Å². The second-order valence-electron chi connectivity index (χ2n) is 3.33. The Morgan fingerprint density at radius 1 is 1.53 bits per heavy atom. The first-order valence-electron chi connectivity index (χ1n) is 4.40. The Morgan fingerprint density at radius 3 is 2.60 bits per heavy atom. The van der Waals surface area contributed by atoms with Crippen molar-refractivity contribution in [2.75, 3.05) is 6.61 Å². The van der Waals surface area contributed by atoms with Crippen LogP contribution in [0.3, 0.4) is 0 Å². The largest absolute Gasteiger partial charge is 0.507 e. The summed E-state index contributed by atoms with van der Waals surface area (Å²) in [5.74, 6) is -1.16. The van der Waals surface area contributed by atoms with Crippen molar-refractivity contribution in [1.29, 1.82) is 0 Å². The predicted octanol–water partition coefficient (Wildman–Crippen LogP) is 0.391. The number of carboxylic acids is 1. The van der Waals surface area contributed by atoms with Crippen molar-refractivity contribution in [3.8, 4) is 5.75 Å². The maximum Gasteiger partial charge on any atom is 0.335 e. The molecule has 1 aromatic rings. The van der Waals surface area contributed by atoms with Crippen molar-refractivity contribution >= 4 is 5.97 Å². The van der Waals surface area contributed by atoms with Crippen LogP contribution in [0.25, 0.3) is 0 Å². The van der Waals surface area contributed by atoms with Gasteiger partial charge in [-0.3, -0.25) is 0 Å². The number of rotatable bonds is 3. The molecule has 0 saturated carbocycles. The molecule has 0 aliphatic carbocycles. The minimum Gasteiger partial charge on any atom is -0.507 e. The molecule has 82 valence electrons. The summed E-state index contributed by atoms with van der Waals surface area (Å²) in [4.78, 5) is 10.7. The number of nitrogens with two attached hydrogens (primary N) is 1. The smallest absolute Gasteiger partial charge is 0.335 e. The van der Waals surface area contributed by atoms with E-state index in [0.717, 1.165) is 0 Å². The summed E-state index contributed by atoms with van der Waals surface area (Å²) in [7, 11) is 0. The molecule has 0 spiro atoms. The molecular formula is C10H13NO4. The van der Waals surface area contributed by atoms with Crippen LogP contribution >= 0.6 is 0 Å². The number of hydrogen-bond acceptors (Lipinski definition) is 4. The van der Waals surface area contributed by atoms with Crippen molar-refractivity contribution in [2.45, 2.75) is 13.0 Å². The lowest BCUT2D eigenvalue weighted by atomic mass is 10.00. The Morgan fingerprint density at radius 2 is 2.13 bits per heavy atom. The number of aliphatic hydroxyl groups is 1. The molecule has 5 heteroatoms. The first kappa shape index (κ1) is 11.5. The highest BCUT2D eigenvalue weighted by Crippen LogP contribution is 2.28. The van der Waals surface area contributed by atoms with E-state index < -0.39 is 12.0 Å². The SMILES string of the molecule is Cc1cc(C(=O)O)cc([C@@H](N)CO)c1O.